The molecule has 31 heavy (non-hydrogen) atoms. The SMILES string of the molecule is CCC1(CC)C[C@H](NC(=O)C2CCN(Cc3cccc(C)c3)CC2)c2ccccc2O1. The van der Waals surface area contributed by atoms with Gasteiger partial charge in [-0.15, -0.1) is 0 Å². The number of benzene rings is 2. The number of nitrogens with one attached hydrogen (secondary N) is 1. The van der Waals surface area contributed by atoms with Crippen molar-refractivity contribution in [1.82, 2.24) is 10.2 Å². The van der Waals surface area contributed by atoms with Gasteiger partial charge in [0.1, 0.15) is 11.4 Å². The van der Waals surface area contributed by atoms with E-state index in [2.05, 4.69) is 61.3 Å². The molecule has 2 aliphatic heterocycles. The zero-order valence-corrected chi connectivity index (χ0v) is 19.2. The van der Waals surface area contributed by atoms with Gasteiger partial charge in [0.15, 0.2) is 0 Å². The van der Waals surface area contributed by atoms with E-state index in [1.165, 1.54) is 11.1 Å². The Morgan fingerprint density at radius 3 is 2.55 bits per heavy atom. The van der Waals surface area contributed by atoms with Crippen LogP contribution in [0.1, 0.15) is 68.7 Å². The fourth-order valence-corrected chi connectivity index (χ4v) is 5.14. The first kappa shape index (κ1) is 21.9. The maximum atomic E-state index is 13.2. The second kappa shape index (κ2) is 9.44. The lowest BCUT2D eigenvalue weighted by molar-refractivity contribution is -0.128. The lowest BCUT2D eigenvalue weighted by atomic mass is 9.83. The van der Waals surface area contributed by atoms with Crippen molar-refractivity contribution < 1.29 is 9.53 Å². The van der Waals surface area contributed by atoms with Crippen LogP contribution < -0.4 is 10.1 Å². The van der Waals surface area contributed by atoms with E-state index in [4.69, 9.17) is 4.74 Å². The van der Waals surface area contributed by atoms with Gasteiger partial charge in [-0.1, -0.05) is 61.9 Å². The van der Waals surface area contributed by atoms with Gasteiger partial charge in [0.2, 0.25) is 5.91 Å². The van der Waals surface area contributed by atoms with Crippen LogP contribution in [0.25, 0.3) is 0 Å². The fraction of sp³-hybridized carbons (Fsp3) is 0.519. The molecule has 0 spiro atoms. The first-order valence-electron chi connectivity index (χ1n) is 11.9. The summed E-state index contributed by atoms with van der Waals surface area (Å²) in [4.78, 5) is 15.7. The second-order valence-electron chi connectivity index (χ2n) is 9.33. The number of likely N-dealkylation sites (tertiary alicyclic amines) is 1. The predicted octanol–water partition coefficient (Wildman–Crippen LogP) is 5.41. The smallest absolute Gasteiger partial charge is 0.223 e. The minimum Gasteiger partial charge on any atom is -0.487 e. The molecular weight excluding hydrogens is 384 g/mol. The fourth-order valence-electron chi connectivity index (χ4n) is 5.14. The Hall–Kier alpha value is -2.33. The van der Waals surface area contributed by atoms with Crippen LogP contribution in [0, 0.1) is 12.8 Å². The van der Waals surface area contributed by atoms with Gasteiger partial charge < -0.3 is 10.1 Å². The molecule has 1 amide bonds. The number of piperidine rings is 1. The highest BCUT2D eigenvalue weighted by Gasteiger charge is 2.39. The van der Waals surface area contributed by atoms with Gasteiger partial charge in [-0.25, -0.2) is 0 Å². The molecule has 0 aromatic heterocycles. The summed E-state index contributed by atoms with van der Waals surface area (Å²) in [7, 11) is 0. The minimum absolute atomic E-state index is 0.0303. The second-order valence-corrected chi connectivity index (χ2v) is 9.33. The average Bonchev–Trinajstić information content (AvgIpc) is 2.79. The lowest BCUT2D eigenvalue weighted by Crippen LogP contribution is -2.47. The molecule has 2 heterocycles. The number of hydrogen-bond donors (Lipinski definition) is 1. The van der Waals surface area contributed by atoms with Crippen molar-refractivity contribution in [3.8, 4) is 5.75 Å². The first-order valence-corrected chi connectivity index (χ1v) is 11.9. The van der Waals surface area contributed by atoms with Crippen LogP contribution in [-0.4, -0.2) is 29.5 Å². The summed E-state index contributed by atoms with van der Waals surface area (Å²) in [6.07, 6.45) is 4.59. The monoisotopic (exact) mass is 420 g/mol. The highest BCUT2D eigenvalue weighted by atomic mass is 16.5. The van der Waals surface area contributed by atoms with E-state index in [1.807, 2.05) is 18.2 Å². The molecule has 2 aromatic rings. The van der Waals surface area contributed by atoms with Gasteiger partial charge in [0.25, 0.3) is 0 Å². The molecule has 1 N–H and O–H groups in total. The molecule has 4 nitrogen and oxygen atoms in total. The van der Waals surface area contributed by atoms with Crippen LogP contribution in [0.5, 0.6) is 5.75 Å². The summed E-state index contributed by atoms with van der Waals surface area (Å²) in [5.41, 5.74) is 3.59. The molecular formula is C27H36N2O2. The van der Waals surface area contributed by atoms with Crippen molar-refractivity contribution in [1.29, 1.82) is 0 Å². The standard InChI is InChI=1S/C27H36N2O2/c1-4-27(5-2)18-24(23-11-6-7-12-25(23)31-27)28-26(30)22-13-15-29(16-14-22)19-21-10-8-9-20(3)17-21/h6-12,17,22,24H,4-5,13-16,18-19H2,1-3H3,(H,28,30)/t24-/m0/s1. The number of aryl methyl sites for hydroxylation is 1. The van der Waals surface area contributed by atoms with Crippen molar-refractivity contribution in [3.05, 3.63) is 65.2 Å². The summed E-state index contributed by atoms with van der Waals surface area (Å²) >= 11 is 0. The van der Waals surface area contributed by atoms with Gasteiger partial charge in [-0.05, 0) is 57.3 Å². The summed E-state index contributed by atoms with van der Waals surface area (Å²) in [6, 6.07) is 16.9. The number of amides is 1. The Morgan fingerprint density at radius 2 is 1.84 bits per heavy atom. The third kappa shape index (κ3) is 4.95. The molecule has 1 saturated heterocycles. The number of para-hydroxylation sites is 1. The Kier molecular flexibility index (Phi) is 6.66. The first-order chi connectivity index (χ1) is 15.0. The van der Waals surface area contributed by atoms with Crippen LogP contribution in [-0.2, 0) is 11.3 Å². The number of fused-ring (bicyclic) bond motifs is 1. The molecule has 166 valence electrons. The molecule has 1 atom stereocenters. The summed E-state index contributed by atoms with van der Waals surface area (Å²) in [5.74, 6) is 1.23. The third-order valence-electron chi connectivity index (χ3n) is 7.25. The van der Waals surface area contributed by atoms with Gasteiger partial charge in [0.05, 0.1) is 6.04 Å². The number of carbonyl (C=O) groups is 1. The molecule has 0 radical (unpaired) electrons. The molecule has 0 bridgehead atoms. The summed E-state index contributed by atoms with van der Waals surface area (Å²) in [6.45, 7) is 9.42. The number of carbonyl (C=O) groups excluding carboxylic acids is 1. The molecule has 0 saturated carbocycles. The van der Waals surface area contributed by atoms with E-state index in [-0.39, 0.29) is 23.5 Å². The van der Waals surface area contributed by atoms with Crippen LogP contribution in [0.3, 0.4) is 0 Å². The highest BCUT2D eigenvalue weighted by molar-refractivity contribution is 5.79. The third-order valence-corrected chi connectivity index (χ3v) is 7.25. The topological polar surface area (TPSA) is 41.6 Å². The van der Waals surface area contributed by atoms with Crippen LogP contribution in [0.15, 0.2) is 48.5 Å². The highest BCUT2D eigenvalue weighted by Crippen LogP contribution is 2.42. The Morgan fingerprint density at radius 1 is 1.10 bits per heavy atom. The molecule has 0 aliphatic carbocycles. The van der Waals surface area contributed by atoms with E-state index in [1.54, 1.807) is 0 Å². The minimum atomic E-state index is -0.191. The van der Waals surface area contributed by atoms with Gasteiger partial charge in [-0.2, -0.15) is 0 Å². The molecule has 2 aromatic carbocycles. The molecule has 1 fully saturated rings. The van der Waals surface area contributed by atoms with Crippen molar-refractivity contribution in [3.63, 3.8) is 0 Å². The Balaban J connectivity index is 1.37. The van der Waals surface area contributed by atoms with E-state index in [0.29, 0.717) is 0 Å². The molecule has 0 unspecified atom stereocenters. The summed E-state index contributed by atoms with van der Waals surface area (Å²) in [5, 5.41) is 3.40. The maximum Gasteiger partial charge on any atom is 0.223 e. The Labute approximate surface area is 187 Å². The zero-order chi connectivity index (χ0) is 21.8. The largest absolute Gasteiger partial charge is 0.487 e. The van der Waals surface area contributed by atoms with E-state index >= 15 is 0 Å². The van der Waals surface area contributed by atoms with E-state index < -0.39 is 0 Å². The van der Waals surface area contributed by atoms with Gasteiger partial charge >= 0.3 is 0 Å². The number of hydrogen-bond acceptors (Lipinski definition) is 3. The molecule has 4 heteroatoms. The zero-order valence-electron chi connectivity index (χ0n) is 19.2. The van der Waals surface area contributed by atoms with Crippen molar-refractivity contribution in [2.75, 3.05) is 13.1 Å². The van der Waals surface area contributed by atoms with Crippen molar-refractivity contribution in [2.45, 2.75) is 71.1 Å². The normalized spacial score (nSPS) is 21.2. The number of ether oxygens (including phenoxy) is 1. The van der Waals surface area contributed by atoms with E-state index in [9.17, 15) is 4.79 Å². The van der Waals surface area contributed by atoms with Gasteiger partial charge in [-0.3, -0.25) is 9.69 Å². The predicted molar refractivity (Wildman–Crippen MR) is 125 cm³/mol. The van der Waals surface area contributed by atoms with Crippen molar-refractivity contribution in [2.24, 2.45) is 5.92 Å². The maximum absolute atomic E-state index is 13.2. The number of nitrogens with zero attached hydrogens (tertiary/aromatic N) is 1. The summed E-state index contributed by atoms with van der Waals surface area (Å²) < 4.78 is 6.40. The van der Waals surface area contributed by atoms with Crippen LogP contribution in [0.2, 0.25) is 0 Å². The molecule has 2 aliphatic rings. The van der Waals surface area contributed by atoms with E-state index in [0.717, 1.165) is 63.1 Å². The van der Waals surface area contributed by atoms with Crippen molar-refractivity contribution >= 4 is 5.91 Å². The number of rotatable bonds is 6. The quantitative estimate of drug-likeness (QED) is 0.680. The average molecular weight is 421 g/mol. The Bertz CT molecular complexity index is 898. The van der Waals surface area contributed by atoms with Gasteiger partial charge in [0, 0.05) is 24.4 Å². The molecule has 4 rings (SSSR count). The van der Waals surface area contributed by atoms with Crippen LogP contribution in [0.4, 0.5) is 0 Å². The van der Waals surface area contributed by atoms with Crippen LogP contribution >= 0.6 is 0 Å². The lowest BCUT2D eigenvalue weighted by Gasteiger charge is -2.42.